The molecule has 0 aliphatic carbocycles. The molecular weight excluding hydrogens is 411 g/mol. The predicted molar refractivity (Wildman–Crippen MR) is 119 cm³/mol. The molecule has 0 saturated carbocycles. The van der Waals surface area contributed by atoms with Crippen LogP contribution in [0.2, 0.25) is 0 Å². The van der Waals surface area contributed by atoms with Crippen LogP contribution in [0.25, 0.3) is 11.0 Å². The third-order valence-electron chi connectivity index (χ3n) is 5.88. The van der Waals surface area contributed by atoms with Crippen LogP contribution in [0.1, 0.15) is 54.7 Å². The van der Waals surface area contributed by atoms with Crippen LogP contribution in [0.4, 0.5) is 4.39 Å². The molecule has 32 heavy (non-hydrogen) atoms. The lowest BCUT2D eigenvalue weighted by Crippen LogP contribution is -2.34. The number of hydrogen-bond acceptors (Lipinski definition) is 6. The average molecular weight is 441 g/mol. The minimum absolute atomic E-state index is 0.188. The van der Waals surface area contributed by atoms with Gasteiger partial charge >= 0.3 is 0 Å². The highest BCUT2D eigenvalue weighted by atomic mass is 19.1. The van der Waals surface area contributed by atoms with E-state index >= 15 is 0 Å². The van der Waals surface area contributed by atoms with Gasteiger partial charge in [-0.25, -0.2) is 4.39 Å². The first-order valence-electron chi connectivity index (χ1n) is 11.3. The van der Waals surface area contributed by atoms with Crippen molar-refractivity contribution in [2.24, 2.45) is 0 Å². The van der Waals surface area contributed by atoms with Crippen molar-refractivity contribution in [1.82, 2.24) is 20.4 Å². The molecule has 0 spiro atoms. The Morgan fingerprint density at radius 3 is 2.91 bits per heavy atom. The second-order valence-electron chi connectivity index (χ2n) is 8.12. The zero-order valence-corrected chi connectivity index (χ0v) is 18.3. The summed E-state index contributed by atoms with van der Waals surface area (Å²) in [6, 6.07) is 8.08. The third-order valence-corrected chi connectivity index (χ3v) is 5.88. The van der Waals surface area contributed by atoms with Gasteiger partial charge in [0.05, 0.1) is 12.3 Å². The maximum atomic E-state index is 13.4. The molecule has 0 unspecified atom stereocenters. The zero-order chi connectivity index (χ0) is 22.3. The Bertz CT molecular complexity index is 1050. The number of unbranched alkanes of at least 4 members (excludes halogenated alkanes) is 1. The SMILES string of the molecule is CCNC(=O)c1cc(OCCCCN2CCC(c3noc4cc(F)ccc34)CC2)ccn1. The Morgan fingerprint density at radius 2 is 2.09 bits per heavy atom. The molecule has 1 fully saturated rings. The molecule has 2 aromatic heterocycles. The van der Waals surface area contributed by atoms with Crippen molar-refractivity contribution < 1.29 is 18.4 Å². The van der Waals surface area contributed by atoms with Crippen LogP contribution >= 0.6 is 0 Å². The highest BCUT2D eigenvalue weighted by Crippen LogP contribution is 2.32. The van der Waals surface area contributed by atoms with Crippen LogP contribution in [-0.4, -0.2) is 53.7 Å². The maximum absolute atomic E-state index is 13.4. The predicted octanol–water partition coefficient (Wildman–Crippen LogP) is 4.15. The normalized spacial score (nSPS) is 15.2. The number of aromatic nitrogens is 2. The first-order valence-corrected chi connectivity index (χ1v) is 11.3. The smallest absolute Gasteiger partial charge is 0.270 e. The molecule has 1 N–H and O–H groups in total. The number of benzene rings is 1. The number of ether oxygens (including phenoxy) is 1. The Hall–Kier alpha value is -3.00. The van der Waals surface area contributed by atoms with Crippen molar-refractivity contribution in [2.45, 2.75) is 38.5 Å². The van der Waals surface area contributed by atoms with Crippen molar-refractivity contribution in [1.29, 1.82) is 0 Å². The fourth-order valence-corrected chi connectivity index (χ4v) is 4.16. The van der Waals surface area contributed by atoms with Crippen molar-refractivity contribution in [3.8, 4) is 5.75 Å². The van der Waals surface area contributed by atoms with Gasteiger partial charge in [-0.1, -0.05) is 5.16 Å². The van der Waals surface area contributed by atoms with E-state index in [1.54, 1.807) is 24.4 Å². The highest BCUT2D eigenvalue weighted by Gasteiger charge is 2.24. The Kier molecular flexibility index (Phi) is 7.32. The summed E-state index contributed by atoms with van der Waals surface area (Å²) in [6.07, 6.45) is 5.63. The molecule has 8 heteroatoms. The van der Waals surface area contributed by atoms with Gasteiger partial charge in [0.1, 0.15) is 17.3 Å². The quantitative estimate of drug-likeness (QED) is 0.504. The first kappa shape index (κ1) is 22.2. The van der Waals surface area contributed by atoms with E-state index in [0.29, 0.717) is 36.1 Å². The number of amides is 1. The molecule has 0 atom stereocenters. The summed E-state index contributed by atoms with van der Waals surface area (Å²) in [5, 5.41) is 7.88. The number of carbonyl (C=O) groups is 1. The van der Waals surface area contributed by atoms with Crippen LogP contribution in [0.15, 0.2) is 41.1 Å². The van der Waals surface area contributed by atoms with Gasteiger partial charge < -0.3 is 19.5 Å². The minimum Gasteiger partial charge on any atom is -0.493 e. The summed E-state index contributed by atoms with van der Waals surface area (Å²) in [6.45, 7) is 6.11. The van der Waals surface area contributed by atoms with E-state index in [4.69, 9.17) is 9.26 Å². The molecule has 1 amide bonds. The molecule has 1 saturated heterocycles. The second-order valence-corrected chi connectivity index (χ2v) is 8.12. The largest absolute Gasteiger partial charge is 0.493 e. The van der Waals surface area contributed by atoms with Gasteiger partial charge in [-0.3, -0.25) is 9.78 Å². The van der Waals surface area contributed by atoms with Gasteiger partial charge in [-0.15, -0.1) is 0 Å². The fourth-order valence-electron chi connectivity index (χ4n) is 4.16. The van der Waals surface area contributed by atoms with Gasteiger partial charge in [-0.2, -0.15) is 0 Å². The summed E-state index contributed by atoms with van der Waals surface area (Å²) in [5.41, 5.74) is 1.85. The van der Waals surface area contributed by atoms with E-state index in [0.717, 1.165) is 56.4 Å². The van der Waals surface area contributed by atoms with E-state index < -0.39 is 0 Å². The summed E-state index contributed by atoms with van der Waals surface area (Å²) in [4.78, 5) is 18.4. The lowest BCUT2D eigenvalue weighted by molar-refractivity contribution is 0.0950. The lowest BCUT2D eigenvalue weighted by atomic mass is 9.91. The van der Waals surface area contributed by atoms with Crippen LogP contribution in [0, 0.1) is 5.82 Å². The van der Waals surface area contributed by atoms with E-state index in [1.165, 1.54) is 12.1 Å². The van der Waals surface area contributed by atoms with E-state index in [2.05, 4.69) is 20.4 Å². The molecule has 3 heterocycles. The van der Waals surface area contributed by atoms with E-state index in [9.17, 15) is 9.18 Å². The molecule has 1 aromatic carbocycles. The average Bonchev–Trinajstić information content (AvgIpc) is 3.22. The number of nitrogens with zero attached hydrogens (tertiary/aromatic N) is 3. The van der Waals surface area contributed by atoms with Gasteiger partial charge in [-0.05, 0) is 70.4 Å². The number of rotatable bonds is 9. The summed E-state index contributed by atoms with van der Waals surface area (Å²) < 4.78 is 24.5. The van der Waals surface area contributed by atoms with Crippen LogP contribution in [0.3, 0.4) is 0 Å². The van der Waals surface area contributed by atoms with Crippen LogP contribution < -0.4 is 10.1 Å². The summed E-state index contributed by atoms with van der Waals surface area (Å²) in [5.74, 6) is 0.534. The molecule has 7 nitrogen and oxygen atoms in total. The topological polar surface area (TPSA) is 80.5 Å². The Balaban J connectivity index is 1.17. The summed E-state index contributed by atoms with van der Waals surface area (Å²) in [7, 11) is 0. The Labute approximate surface area is 186 Å². The highest BCUT2D eigenvalue weighted by molar-refractivity contribution is 5.92. The number of likely N-dealkylation sites (tertiary alicyclic amines) is 1. The molecule has 1 aliphatic rings. The van der Waals surface area contributed by atoms with Crippen molar-refractivity contribution >= 4 is 16.9 Å². The van der Waals surface area contributed by atoms with Crippen LogP contribution in [-0.2, 0) is 0 Å². The number of halogens is 1. The van der Waals surface area contributed by atoms with Gasteiger partial charge in [0, 0.05) is 36.2 Å². The monoisotopic (exact) mass is 440 g/mol. The third kappa shape index (κ3) is 5.43. The standard InChI is InChI=1S/C24H29FN4O3/c1-2-26-24(30)21-16-19(7-10-27-21)31-14-4-3-11-29-12-8-17(9-13-29)23-20-6-5-18(25)15-22(20)32-28-23/h5-7,10,15-17H,2-4,8-9,11-14H2,1H3,(H,26,30). The maximum Gasteiger partial charge on any atom is 0.270 e. The molecule has 0 bridgehead atoms. The molecule has 3 aromatic rings. The van der Waals surface area contributed by atoms with E-state index in [-0.39, 0.29) is 11.7 Å². The minimum atomic E-state index is -0.301. The van der Waals surface area contributed by atoms with Crippen molar-refractivity contribution in [3.05, 3.63) is 53.7 Å². The number of hydrogen-bond donors (Lipinski definition) is 1. The van der Waals surface area contributed by atoms with Gasteiger partial charge in [0.15, 0.2) is 5.58 Å². The van der Waals surface area contributed by atoms with Gasteiger partial charge in [0.2, 0.25) is 0 Å². The number of pyridine rings is 1. The molecule has 170 valence electrons. The molecule has 4 rings (SSSR count). The van der Waals surface area contributed by atoms with Gasteiger partial charge in [0.25, 0.3) is 5.91 Å². The molecule has 1 aliphatic heterocycles. The second kappa shape index (κ2) is 10.5. The molecule has 0 radical (unpaired) electrons. The lowest BCUT2D eigenvalue weighted by Gasteiger charge is -2.31. The number of carbonyl (C=O) groups excluding carboxylic acids is 1. The summed E-state index contributed by atoms with van der Waals surface area (Å²) >= 11 is 0. The van der Waals surface area contributed by atoms with Crippen molar-refractivity contribution in [2.75, 3.05) is 32.8 Å². The fraction of sp³-hybridized carbons (Fsp3) is 0.458. The number of piperidine rings is 1. The molecular formula is C24H29FN4O3. The van der Waals surface area contributed by atoms with Crippen molar-refractivity contribution in [3.63, 3.8) is 0 Å². The van der Waals surface area contributed by atoms with Crippen LogP contribution in [0.5, 0.6) is 5.75 Å². The Morgan fingerprint density at radius 1 is 1.25 bits per heavy atom. The van der Waals surface area contributed by atoms with E-state index in [1.807, 2.05) is 6.92 Å². The zero-order valence-electron chi connectivity index (χ0n) is 18.3. The first-order chi connectivity index (χ1) is 15.6. The number of fused-ring (bicyclic) bond motifs is 1. The number of nitrogens with one attached hydrogen (secondary N) is 1.